The summed E-state index contributed by atoms with van der Waals surface area (Å²) < 4.78 is 13.6. The van der Waals surface area contributed by atoms with E-state index in [9.17, 15) is 0 Å². The lowest BCUT2D eigenvalue weighted by molar-refractivity contribution is 0.213. The molecule has 1 aromatic heterocycles. The number of methoxy groups -OCH3 is 1. The number of nitrogens with one attached hydrogen (secondary N) is 2. The lowest BCUT2D eigenvalue weighted by Gasteiger charge is -2.19. The van der Waals surface area contributed by atoms with Crippen molar-refractivity contribution in [2.45, 2.75) is 51.7 Å². The first kappa shape index (κ1) is 24.2. The Morgan fingerprint density at radius 2 is 1.97 bits per heavy atom. The molecule has 0 aliphatic carbocycles. The Hall–Kier alpha value is -2.04. The average Bonchev–Trinajstić information content (AvgIpc) is 2.96. The molecular weight excluding hydrogens is 495 g/mol. The van der Waals surface area contributed by atoms with Crippen LogP contribution in [-0.2, 0) is 19.4 Å². The fourth-order valence-electron chi connectivity index (χ4n) is 3.46. The Labute approximate surface area is 195 Å². The van der Waals surface area contributed by atoms with Crippen LogP contribution in [0.2, 0.25) is 0 Å². The van der Waals surface area contributed by atoms with Gasteiger partial charge in [-0.3, -0.25) is 4.99 Å². The number of hydrogen-bond acceptors (Lipinski definition) is 5. The van der Waals surface area contributed by atoms with Crippen LogP contribution in [0.5, 0.6) is 11.5 Å². The molecule has 0 radical (unpaired) electrons. The number of halogens is 1. The molecule has 1 unspecified atom stereocenters. The molecule has 30 heavy (non-hydrogen) atoms. The Bertz CT molecular complexity index is 811. The number of nitrogens with zero attached hydrogens (tertiary/aromatic N) is 4. The highest BCUT2D eigenvalue weighted by molar-refractivity contribution is 14.0. The number of fused-ring (bicyclic) bond motifs is 1. The highest BCUT2D eigenvalue weighted by Crippen LogP contribution is 2.26. The van der Waals surface area contributed by atoms with Crippen molar-refractivity contribution in [1.29, 1.82) is 0 Å². The highest BCUT2D eigenvalue weighted by atomic mass is 127. The van der Waals surface area contributed by atoms with E-state index in [1.54, 1.807) is 14.2 Å². The van der Waals surface area contributed by atoms with E-state index in [2.05, 4.69) is 30.4 Å². The number of aliphatic imine (C=N–C) groups is 1. The first-order valence-electron chi connectivity index (χ1n) is 10.4. The summed E-state index contributed by atoms with van der Waals surface area (Å²) >= 11 is 0. The van der Waals surface area contributed by atoms with E-state index in [-0.39, 0.29) is 30.1 Å². The first-order chi connectivity index (χ1) is 14.2. The Balaban J connectivity index is 0.00000320. The molecule has 0 bridgehead atoms. The van der Waals surface area contributed by atoms with E-state index >= 15 is 0 Å². The van der Waals surface area contributed by atoms with Crippen molar-refractivity contribution in [2.75, 3.05) is 27.2 Å². The largest absolute Gasteiger partial charge is 0.493 e. The van der Waals surface area contributed by atoms with Gasteiger partial charge in [0.05, 0.1) is 13.7 Å². The van der Waals surface area contributed by atoms with Crippen LogP contribution in [0.1, 0.15) is 37.8 Å². The van der Waals surface area contributed by atoms with Gasteiger partial charge in [-0.05, 0) is 31.9 Å². The van der Waals surface area contributed by atoms with E-state index in [1.165, 1.54) is 19.3 Å². The van der Waals surface area contributed by atoms with Gasteiger partial charge in [0, 0.05) is 33.0 Å². The third-order valence-electron chi connectivity index (χ3n) is 5.00. The summed E-state index contributed by atoms with van der Waals surface area (Å²) in [5.74, 6) is 4.39. The minimum Gasteiger partial charge on any atom is -0.493 e. The fourth-order valence-corrected chi connectivity index (χ4v) is 3.46. The van der Waals surface area contributed by atoms with E-state index in [0.29, 0.717) is 6.54 Å². The molecule has 1 atom stereocenters. The molecule has 166 valence electrons. The lowest BCUT2D eigenvalue weighted by Crippen LogP contribution is -2.42. The highest BCUT2D eigenvalue weighted by Gasteiger charge is 2.14. The van der Waals surface area contributed by atoms with Crippen molar-refractivity contribution in [1.82, 2.24) is 25.4 Å². The van der Waals surface area contributed by atoms with Crippen molar-refractivity contribution in [3.8, 4) is 11.5 Å². The topological polar surface area (TPSA) is 85.6 Å². The third kappa shape index (κ3) is 6.75. The molecule has 2 heterocycles. The van der Waals surface area contributed by atoms with Crippen LogP contribution in [0.25, 0.3) is 0 Å². The first-order valence-corrected chi connectivity index (χ1v) is 10.4. The van der Waals surface area contributed by atoms with Gasteiger partial charge >= 0.3 is 0 Å². The van der Waals surface area contributed by atoms with Gasteiger partial charge in [-0.15, -0.1) is 34.2 Å². The molecule has 0 saturated heterocycles. The van der Waals surface area contributed by atoms with Gasteiger partial charge in [-0.25, -0.2) is 0 Å². The maximum absolute atomic E-state index is 5.98. The summed E-state index contributed by atoms with van der Waals surface area (Å²) in [5, 5.41) is 15.4. The third-order valence-corrected chi connectivity index (χ3v) is 5.00. The zero-order valence-electron chi connectivity index (χ0n) is 18.1. The number of aromatic nitrogens is 3. The second kappa shape index (κ2) is 12.6. The fraction of sp³-hybridized carbons (Fsp3) is 0.571. The zero-order valence-corrected chi connectivity index (χ0v) is 20.4. The van der Waals surface area contributed by atoms with Crippen LogP contribution in [0.3, 0.4) is 0 Å². The summed E-state index contributed by atoms with van der Waals surface area (Å²) in [4.78, 5) is 4.29. The van der Waals surface area contributed by atoms with Crippen molar-refractivity contribution in [2.24, 2.45) is 4.99 Å². The number of rotatable bonds is 8. The van der Waals surface area contributed by atoms with Gasteiger partial charge in [0.1, 0.15) is 17.8 Å². The molecule has 2 N–H and O–H groups in total. The molecule has 1 aromatic carbocycles. The van der Waals surface area contributed by atoms with Crippen LogP contribution < -0.4 is 20.1 Å². The van der Waals surface area contributed by atoms with Gasteiger partial charge in [0.2, 0.25) is 0 Å². The standard InChI is InChI=1S/C21H32N6O2.HI/c1-16(29-18-10-7-6-9-17(18)28-3)15-24-21(22-2)23-13-12-20-26-25-19-11-5-4-8-14-27(19)20;/h6-7,9-10,16H,4-5,8,11-15H2,1-3H3,(H2,22,23,24);1H. The number of benzene rings is 1. The molecular formula is C21H33IN6O2. The van der Waals surface area contributed by atoms with Gasteiger partial charge < -0.3 is 24.7 Å². The average molecular weight is 528 g/mol. The number of guanidine groups is 1. The minimum absolute atomic E-state index is 0. The summed E-state index contributed by atoms with van der Waals surface area (Å²) in [6, 6.07) is 7.66. The SMILES string of the molecule is CN=C(NCCc1nnc2n1CCCCC2)NCC(C)Oc1ccccc1OC.I. The zero-order chi connectivity index (χ0) is 20.5. The molecule has 2 aromatic rings. The molecule has 1 aliphatic heterocycles. The van der Waals surface area contributed by atoms with Gasteiger partial charge in [0.15, 0.2) is 17.5 Å². The summed E-state index contributed by atoms with van der Waals surface area (Å²) in [6.45, 7) is 4.41. The minimum atomic E-state index is -0.0443. The second-order valence-electron chi connectivity index (χ2n) is 7.20. The predicted molar refractivity (Wildman–Crippen MR) is 129 cm³/mol. The predicted octanol–water partition coefficient (Wildman–Crippen LogP) is 2.81. The Kier molecular flexibility index (Phi) is 10.2. The molecule has 0 saturated carbocycles. The van der Waals surface area contributed by atoms with Crippen LogP contribution >= 0.6 is 24.0 Å². The normalized spacial score (nSPS) is 14.7. The molecule has 0 amide bonds. The van der Waals surface area contributed by atoms with Gasteiger partial charge in [-0.2, -0.15) is 0 Å². The second-order valence-corrected chi connectivity index (χ2v) is 7.20. The van der Waals surface area contributed by atoms with Crippen LogP contribution in [0.15, 0.2) is 29.3 Å². The molecule has 0 fully saturated rings. The number of hydrogen-bond donors (Lipinski definition) is 2. The molecule has 9 heteroatoms. The summed E-state index contributed by atoms with van der Waals surface area (Å²) in [5.41, 5.74) is 0. The van der Waals surface area contributed by atoms with Gasteiger partial charge in [0.25, 0.3) is 0 Å². The quantitative estimate of drug-likeness (QED) is 0.312. The monoisotopic (exact) mass is 528 g/mol. The van der Waals surface area contributed by atoms with E-state index in [1.807, 2.05) is 31.2 Å². The van der Waals surface area contributed by atoms with Crippen molar-refractivity contribution < 1.29 is 9.47 Å². The van der Waals surface area contributed by atoms with E-state index in [4.69, 9.17) is 9.47 Å². The van der Waals surface area contributed by atoms with E-state index < -0.39 is 0 Å². The van der Waals surface area contributed by atoms with Crippen molar-refractivity contribution in [3.63, 3.8) is 0 Å². The molecule has 0 spiro atoms. The van der Waals surface area contributed by atoms with Crippen LogP contribution in [0, 0.1) is 0 Å². The lowest BCUT2D eigenvalue weighted by atomic mass is 10.2. The van der Waals surface area contributed by atoms with Crippen molar-refractivity contribution in [3.05, 3.63) is 35.9 Å². The summed E-state index contributed by atoms with van der Waals surface area (Å²) in [6.07, 6.45) is 5.50. The Morgan fingerprint density at radius 3 is 2.73 bits per heavy atom. The smallest absolute Gasteiger partial charge is 0.191 e. The van der Waals surface area contributed by atoms with Crippen LogP contribution in [-0.4, -0.2) is 54.1 Å². The molecule has 1 aliphatic rings. The maximum atomic E-state index is 5.98. The Morgan fingerprint density at radius 1 is 1.17 bits per heavy atom. The number of aryl methyl sites for hydroxylation is 1. The maximum Gasteiger partial charge on any atom is 0.191 e. The summed E-state index contributed by atoms with van der Waals surface area (Å²) in [7, 11) is 3.41. The van der Waals surface area contributed by atoms with Crippen molar-refractivity contribution >= 4 is 29.9 Å². The molecule has 3 rings (SSSR count). The van der Waals surface area contributed by atoms with Gasteiger partial charge in [-0.1, -0.05) is 18.6 Å². The number of para-hydroxylation sites is 2. The van der Waals surface area contributed by atoms with Crippen LogP contribution in [0.4, 0.5) is 0 Å². The molecule has 8 nitrogen and oxygen atoms in total. The van der Waals surface area contributed by atoms with E-state index in [0.717, 1.165) is 55.0 Å². The number of ether oxygens (including phenoxy) is 2.